The fraction of sp³-hybridized carbons (Fsp3) is 0.250. The van der Waals surface area contributed by atoms with Crippen LogP contribution in [0.2, 0.25) is 5.02 Å². The van der Waals surface area contributed by atoms with Crippen molar-refractivity contribution in [1.29, 1.82) is 0 Å². The minimum absolute atomic E-state index is 0.577. The normalized spacial score (nSPS) is 10.5. The molecule has 0 atom stereocenters. The first-order valence-corrected chi connectivity index (χ1v) is 6.46. The van der Waals surface area contributed by atoms with Gasteiger partial charge in [-0.05, 0) is 31.5 Å². The number of hydrogen-bond acceptors (Lipinski definition) is 4. The van der Waals surface area contributed by atoms with E-state index in [2.05, 4.69) is 10.3 Å². The molecule has 1 aromatic carbocycles. The van der Waals surface area contributed by atoms with Gasteiger partial charge in [0.25, 0.3) is 0 Å². The molecule has 0 spiro atoms. The average Bonchev–Trinajstić information content (AvgIpc) is 2.68. The third kappa shape index (κ3) is 2.90. The summed E-state index contributed by atoms with van der Waals surface area (Å²) in [7, 11) is 0. The number of nitrogens with zero attached hydrogens (tertiary/aromatic N) is 1. The van der Waals surface area contributed by atoms with Gasteiger partial charge in [-0.1, -0.05) is 11.6 Å². The van der Waals surface area contributed by atoms with Gasteiger partial charge in [0.05, 0.1) is 17.3 Å². The van der Waals surface area contributed by atoms with Crippen LogP contribution in [-0.4, -0.2) is 4.98 Å². The topological polar surface area (TPSA) is 50.9 Å². The summed E-state index contributed by atoms with van der Waals surface area (Å²) in [5.74, 6) is 0. The molecule has 0 amide bonds. The zero-order valence-electron chi connectivity index (χ0n) is 9.75. The number of nitrogens with two attached hydrogens (primary N) is 1. The van der Waals surface area contributed by atoms with E-state index in [1.165, 1.54) is 4.88 Å². The fourth-order valence-corrected chi connectivity index (χ4v) is 2.44. The van der Waals surface area contributed by atoms with Crippen LogP contribution in [0.4, 0.5) is 11.4 Å². The number of rotatable bonds is 3. The molecule has 90 valence electrons. The van der Waals surface area contributed by atoms with E-state index in [1.54, 1.807) is 11.3 Å². The van der Waals surface area contributed by atoms with Gasteiger partial charge in [0.15, 0.2) is 0 Å². The summed E-state index contributed by atoms with van der Waals surface area (Å²) in [6, 6.07) is 3.73. The molecule has 0 radical (unpaired) electrons. The van der Waals surface area contributed by atoms with Crippen LogP contribution in [0.3, 0.4) is 0 Å². The van der Waals surface area contributed by atoms with Crippen molar-refractivity contribution in [2.24, 2.45) is 0 Å². The van der Waals surface area contributed by atoms with Crippen LogP contribution in [0, 0.1) is 13.8 Å². The van der Waals surface area contributed by atoms with E-state index in [-0.39, 0.29) is 0 Å². The summed E-state index contributed by atoms with van der Waals surface area (Å²) in [5.41, 5.74) is 8.42. The van der Waals surface area contributed by atoms with Gasteiger partial charge >= 0.3 is 0 Å². The molecule has 2 aromatic rings. The number of hydrogen-bond donors (Lipinski definition) is 2. The largest absolute Gasteiger partial charge is 0.398 e. The van der Waals surface area contributed by atoms with Gasteiger partial charge in [-0.2, -0.15) is 0 Å². The summed E-state index contributed by atoms with van der Waals surface area (Å²) < 4.78 is 0. The second-order valence-electron chi connectivity index (χ2n) is 3.91. The molecule has 1 aromatic heterocycles. The SMILES string of the molecule is Cc1cnc(CNc2cc(Cl)c(N)cc2C)s1. The Morgan fingerprint density at radius 3 is 2.82 bits per heavy atom. The second-order valence-corrected chi connectivity index (χ2v) is 5.63. The van der Waals surface area contributed by atoms with Crippen LogP contribution >= 0.6 is 22.9 Å². The molecule has 3 nitrogen and oxygen atoms in total. The number of thiazole rings is 1. The molecule has 0 fully saturated rings. The Morgan fingerprint density at radius 2 is 2.18 bits per heavy atom. The van der Waals surface area contributed by atoms with E-state index in [4.69, 9.17) is 17.3 Å². The van der Waals surface area contributed by atoms with Crippen molar-refractivity contribution in [2.75, 3.05) is 11.1 Å². The maximum atomic E-state index is 5.99. The molecule has 0 saturated carbocycles. The Balaban J connectivity index is 2.11. The van der Waals surface area contributed by atoms with Crippen molar-refractivity contribution in [3.05, 3.63) is 38.8 Å². The number of benzene rings is 1. The maximum absolute atomic E-state index is 5.99. The van der Waals surface area contributed by atoms with Crippen molar-refractivity contribution in [1.82, 2.24) is 4.98 Å². The first-order valence-electron chi connectivity index (χ1n) is 5.27. The van der Waals surface area contributed by atoms with E-state index in [9.17, 15) is 0 Å². The van der Waals surface area contributed by atoms with Crippen LogP contribution in [-0.2, 0) is 6.54 Å². The Kier molecular flexibility index (Phi) is 3.54. The minimum atomic E-state index is 0.577. The Morgan fingerprint density at radius 1 is 1.41 bits per heavy atom. The zero-order chi connectivity index (χ0) is 12.4. The lowest BCUT2D eigenvalue weighted by molar-refractivity contribution is 1.10. The van der Waals surface area contributed by atoms with E-state index in [0.717, 1.165) is 16.3 Å². The van der Waals surface area contributed by atoms with Gasteiger partial charge in [0.2, 0.25) is 0 Å². The summed E-state index contributed by atoms with van der Waals surface area (Å²) in [6.07, 6.45) is 1.88. The smallest absolute Gasteiger partial charge is 0.112 e. The molecule has 2 rings (SSSR count). The summed E-state index contributed by atoms with van der Waals surface area (Å²) in [4.78, 5) is 5.52. The van der Waals surface area contributed by atoms with E-state index >= 15 is 0 Å². The third-order valence-corrected chi connectivity index (χ3v) is 3.68. The first kappa shape index (κ1) is 12.2. The first-order chi connectivity index (χ1) is 8.06. The Hall–Kier alpha value is -1.26. The highest BCUT2D eigenvalue weighted by Crippen LogP contribution is 2.27. The second kappa shape index (κ2) is 4.94. The van der Waals surface area contributed by atoms with Gasteiger partial charge in [-0.3, -0.25) is 0 Å². The number of aromatic nitrogens is 1. The van der Waals surface area contributed by atoms with E-state index in [0.29, 0.717) is 17.3 Å². The lowest BCUT2D eigenvalue weighted by atomic mass is 10.2. The third-order valence-electron chi connectivity index (χ3n) is 2.44. The van der Waals surface area contributed by atoms with Crippen molar-refractivity contribution in [2.45, 2.75) is 20.4 Å². The quantitative estimate of drug-likeness (QED) is 0.836. The summed E-state index contributed by atoms with van der Waals surface area (Å²) in [5, 5.41) is 4.96. The standard InChI is InChI=1S/C12H14ClN3S/c1-7-3-10(14)9(13)4-11(7)15-6-12-16-5-8(2)17-12/h3-5,15H,6,14H2,1-2H3. The highest BCUT2D eigenvalue weighted by atomic mass is 35.5. The molecular formula is C12H14ClN3S. The maximum Gasteiger partial charge on any atom is 0.112 e. The minimum Gasteiger partial charge on any atom is -0.398 e. The van der Waals surface area contributed by atoms with Crippen LogP contribution in [0.15, 0.2) is 18.3 Å². The average molecular weight is 268 g/mol. The Labute approximate surface area is 110 Å². The van der Waals surface area contributed by atoms with Crippen LogP contribution < -0.4 is 11.1 Å². The number of nitrogens with one attached hydrogen (secondary N) is 1. The number of halogens is 1. The number of anilines is 2. The van der Waals surface area contributed by atoms with Crippen molar-refractivity contribution in [3.8, 4) is 0 Å². The monoisotopic (exact) mass is 267 g/mol. The van der Waals surface area contributed by atoms with Gasteiger partial charge in [-0.15, -0.1) is 11.3 Å². The molecule has 3 N–H and O–H groups in total. The van der Waals surface area contributed by atoms with Crippen molar-refractivity contribution in [3.63, 3.8) is 0 Å². The number of aryl methyl sites for hydroxylation is 2. The lowest BCUT2D eigenvalue weighted by Crippen LogP contribution is -2.01. The molecule has 5 heteroatoms. The summed E-state index contributed by atoms with van der Waals surface area (Å²) in [6.45, 7) is 4.76. The molecule has 0 aliphatic rings. The molecule has 0 unspecified atom stereocenters. The number of nitrogen functional groups attached to an aromatic ring is 1. The molecular weight excluding hydrogens is 254 g/mol. The van der Waals surface area contributed by atoms with Gasteiger partial charge < -0.3 is 11.1 Å². The highest BCUT2D eigenvalue weighted by Gasteiger charge is 2.04. The van der Waals surface area contributed by atoms with Crippen molar-refractivity contribution < 1.29 is 0 Å². The summed E-state index contributed by atoms with van der Waals surface area (Å²) >= 11 is 7.68. The molecule has 0 bridgehead atoms. The molecule has 0 aliphatic carbocycles. The van der Waals surface area contributed by atoms with Crippen LogP contribution in [0.25, 0.3) is 0 Å². The van der Waals surface area contributed by atoms with Crippen LogP contribution in [0.1, 0.15) is 15.4 Å². The van der Waals surface area contributed by atoms with Gasteiger partial charge in [0, 0.05) is 16.8 Å². The molecule has 17 heavy (non-hydrogen) atoms. The Bertz CT molecular complexity index is 537. The predicted molar refractivity (Wildman–Crippen MR) is 74.8 cm³/mol. The highest BCUT2D eigenvalue weighted by molar-refractivity contribution is 7.11. The van der Waals surface area contributed by atoms with Crippen molar-refractivity contribution >= 4 is 34.3 Å². The van der Waals surface area contributed by atoms with Crippen LogP contribution in [0.5, 0.6) is 0 Å². The van der Waals surface area contributed by atoms with E-state index in [1.807, 2.05) is 32.2 Å². The molecule has 0 saturated heterocycles. The van der Waals surface area contributed by atoms with E-state index < -0.39 is 0 Å². The molecule has 0 aliphatic heterocycles. The predicted octanol–water partition coefficient (Wildman–Crippen LogP) is 3.61. The van der Waals surface area contributed by atoms with Gasteiger partial charge in [0.1, 0.15) is 5.01 Å². The fourth-order valence-electron chi connectivity index (χ4n) is 1.55. The zero-order valence-corrected chi connectivity index (χ0v) is 11.3. The molecule has 1 heterocycles. The lowest BCUT2D eigenvalue weighted by Gasteiger charge is -2.10. The van der Waals surface area contributed by atoms with Gasteiger partial charge in [-0.25, -0.2) is 4.98 Å².